The molecule has 0 unspecified atom stereocenters. The predicted octanol–water partition coefficient (Wildman–Crippen LogP) is 10.8. The molecule has 0 heteroatoms. The first-order chi connectivity index (χ1) is 19.1. The Balaban J connectivity index is 1.32. The van der Waals surface area contributed by atoms with E-state index in [4.69, 9.17) is 0 Å². The Morgan fingerprint density at radius 3 is 1.62 bits per heavy atom. The van der Waals surface area contributed by atoms with Crippen LogP contribution in [0.2, 0.25) is 0 Å². The highest BCUT2D eigenvalue weighted by atomic mass is 14.4. The quantitative estimate of drug-likeness (QED) is 0.209. The van der Waals surface area contributed by atoms with E-state index in [1.807, 2.05) is 0 Å². The summed E-state index contributed by atoms with van der Waals surface area (Å²) in [5, 5.41) is 7.87. The van der Waals surface area contributed by atoms with Crippen molar-refractivity contribution in [2.45, 2.75) is 19.3 Å². The van der Waals surface area contributed by atoms with E-state index >= 15 is 0 Å². The van der Waals surface area contributed by atoms with Crippen molar-refractivity contribution in [1.82, 2.24) is 0 Å². The van der Waals surface area contributed by atoms with E-state index in [-0.39, 0.29) is 5.41 Å². The molecule has 1 aliphatic carbocycles. The van der Waals surface area contributed by atoms with Gasteiger partial charge in [-0.1, -0.05) is 135 Å². The first-order valence-electron chi connectivity index (χ1n) is 13.8. The Kier molecular flexibility index (Phi) is 4.67. The molecule has 0 nitrogen and oxygen atoms in total. The standard InChI is InChI=1S/C39H28/c1-39(2)37-20-8-7-17-34(37)35-19-10-18-28(38(35)39)27-12-9-11-25(23-27)26-21-22-33-31-15-4-3-13-29(31)30-14-5-6-16-32(30)36(33)24-26/h3-24H,1-2H3. The van der Waals surface area contributed by atoms with Crippen molar-refractivity contribution in [3.63, 3.8) is 0 Å². The lowest BCUT2D eigenvalue weighted by atomic mass is 9.78. The highest BCUT2D eigenvalue weighted by Crippen LogP contribution is 2.52. The lowest BCUT2D eigenvalue weighted by molar-refractivity contribution is 0.662. The first-order valence-corrected chi connectivity index (χ1v) is 13.8. The maximum Gasteiger partial charge on any atom is 0.0165 e. The molecule has 39 heavy (non-hydrogen) atoms. The minimum absolute atomic E-state index is 0.0402. The van der Waals surface area contributed by atoms with Crippen molar-refractivity contribution in [2.75, 3.05) is 0 Å². The summed E-state index contributed by atoms with van der Waals surface area (Å²) in [6, 6.07) is 49.4. The van der Waals surface area contributed by atoms with Crippen molar-refractivity contribution in [3.8, 4) is 33.4 Å². The Morgan fingerprint density at radius 2 is 0.872 bits per heavy atom. The summed E-state index contributed by atoms with van der Waals surface area (Å²) in [6.45, 7) is 4.73. The van der Waals surface area contributed by atoms with Gasteiger partial charge in [0.15, 0.2) is 0 Å². The molecule has 0 aromatic heterocycles. The third-order valence-corrected chi connectivity index (χ3v) is 8.83. The SMILES string of the molecule is CC1(C)c2ccccc2-c2cccc(-c3cccc(-c4ccc5c6ccccc6c6ccccc6c5c4)c3)c21. The predicted molar refractivity (Wildman–Crippen MR) is 167 cm³/mol. The van der Waals surface area contributed by atoms with Crippen LogP contribution in [-0.4, -0.2) is 0 Å². The second-order valence-electron chi connectivity index (χ2n) is 11.3. The van der Waals surface area contributed by atoms with Crippen molar-refractivity contribution >= 4 is 32.3 Å². The van der Waals surface area contributed by atoms with Crippen molar-refractivity contribution in [2.24, 2.45) is 0 Å². The third kappa shape index (κ3) is 3.18. The van der Waals surface area contributed by atoms with Crippen LogP contribution in [0.5, 0.6) is 0 Å². The molecule has 0 spiro atoms. The van der Waals surface area contributed by atoms with Crippen molar-refractivity contribution in [1.29, 1.82) is 0 Å². The van der Waals surface area contributed by atoms with Gasteiger partial charge in [0.2, 0.25) is 0 Å². The normalized spacial score (nSPS) is 13.6. The molecule has 0 N–H and O–H groups in total. The largest absolute Gasteiger partial charge is 0.0619 e. The number of hydrogen-bond donors (Lipinski definition) is 0. The number of hydrogen-bond acceptors (Lipinski definition) is 0. The van der Waals surface area contributed by atoms with Crippen LogP contribution in [0.15, 0.2) is 133 Å². The fourth-order valence-electron chi connectivity index (χ4n) is 7.04. The van der Waals surface area contributed by atoms with Crippen LogP contribution in [-0.2, 0) is 5.41 Å². The molecule has 0 bridgehead atoms. The van der Waals surface area contributed by atoms with E-state index in [0.29, 0.717) is 0 Å². The molecule has 0 atom stereocenters. The van der Waals surface area contributed by atoms with E-state index in [2.05, 4.69) is 147 Å². The van der Waals surface area contributed by atoms with E-state index in [0.717, 1.165) is 0 Å². The van der Waals surface area contributed by atoms with Gasteiger partial charge in [-0.05, 0) is 89.0 Å². The van der Waals surface area contributed by atoms with Gasteiger partial charge in [0.1, 0.15) is 0 Å². The summed E-state index contributed by atoms with van der Waals surface area (Å²) in [5.41, 5.74) is 10.6. The molecule has 0 heterocycles. The Bertz CT molecular complexity index is 2060. The van der Waals surface area contributed by atoms with Gasteiger partial charge < -0.3 is 0 Å². The number of benzene rings is 7. The summed E-state index contributed by atoms with van der Waals surface area (Å²) in [4.78, 5) is 0. The topological polar surface area (TPSA) is 0 Å². The monoisotopic (exact) mass is 496 g/mol. The molecule has 0 amide bonds. The zero-order valence-electron chi connectivity index (χ0n) is 22.2. The van der Waals surface area contributed by atoms with Gasteiger partial charge in [-0.2, -0.15) is 0 Å². The summed E-state index contributed by atoms with van der Waals surface area (Å²) in [7, 11) is 0. The van der Waals surface area contributed by atoms with Crippen LogP contribution >= 0.6 is 0 Å². The smallest absolute Gasteiger partial charge is 0.0165 e. The van der Waals surface area contributed by atoms with Crippen molar-refractivity contribution in [3.05, 3.63) is 145 Å². The maximum absolute atomic E-state index is 2.39. The molecule has 0 radical (unpaired) electrons. The Hall–Kier alpha value is -4.68. The molecule has 7 aromatic rings. The van der Waals surface area contributed by atoms with E-state index < -0.39 is 0 Å². The number of fused-ring (bicyclic) bond motifs is 9. The van der Waals surface area contributed by atoms with Gasteiger partial charge in [-0.15, -0.1) is 0 Å². The average molecular weight is 497 g/mol. The summed E-state index contributed by atoms with van der Waals surface area (Å²) in [5.74, 6) is 0. The highest BCUT2D eigenvalue weighted by molar-refractivity contribution is 6.25. The second-order valence-corrected chi connectivity index (χ2v) is 11.3. The van der Waals surface area contributed by atoms with Gasteiger partial charge in [0.05, 0.1) is 0 Å². The highest BCUT2D eigenvalue weighted by Gasteiger charge is 2.37. The number of rotatable bonds is 2. The molecule has 7 aromatic carbocycles. The molecule has 0 fully saturated rings. The molecule has 184 valence electrons. The Labute approximate surface area is 229 Å². The van der Waals surface area contributed by atoms with Crippen molar-refractivity contribution < 1.29 is 0 Å². The molecule has 0 aliphatic heterocycles. The minimum Gasteiger partial charge on any atom is -0.0619 e. The Morgan fingerprint density at radius 1 is 0.359 bits per heavy atom. The molecular weight excluding hydrogens is 468 g/mol. The van der Waals surface area contributed by atoms with Crippen LogP contribution in [0.3, 0.4) is 0 Å². The van der Waals surface area contributed by atoms with Crippen LogP contribution in [0.25, 0.3) is 65.7 Å². The van der Waals surface area contributed by atoms with E-state index in [1.54, 1.807) is 0 Å². The summed E-state index contributed by atoms with van der Waals surface area (Å²) < 4.78 is 0. The summed E-state index contributed by atoms with van der Waals surface area (Å²) >= 11 is 0. The van der Waals surface area contributed by atoms with Gasteiger partial charge in [-0.25, -0.2) is 0 Å². The van der Waals surface area contributed by atoms with Crippen LogP contribution in [0, 0.1) is 0 Å². The lowest BCUT2D eigenvalue weighted by Crippen LogP contribution is -2.16. The van der Waals surface area contributed by atoms with Gasteiger partial charge in [0.25, 0.3) is 0 Å². The lowest BCUT2D eigenvalue weighted by Gasteiger charge is -2.24. The minimum atomic E-state index is -0.0402. The third-order valence-electron chi connectivity index (χ3n) is 8.83. The van der Waals surface area contributed by atoms with Crippen LogP contribution < -0.4 is 0 Å². The van der Waals surface area contributed by atoms with Crippen LogP contribution in [0.4, 0.5) is 0 Å². The van der Waals surface area contributed by atoms with Crippen LogP contribution in [0.1, 0.15) is 25.0 Å². The second kappa shape index (κ2) is 8.16. The maximum atomic E-state index is 2.39. The fraction of sp³-hybridized carbons (Fsp3) is 0.0769. The molecule has 1 aliphatic rings. The molecule has 0 saturated carbocycles. The fourth-order valence-corrected chi connectivity index (χ4v) is 7.04. The summed E-state index contributed by atoms with van der Waals surface area (Å²) in [6.07, 6.45) is 0. The van der Waals surface area contributed by atoms with Gasteiger partial charge in [0, 0.05) is 5.41 Å². The zero-order chi connectivity index (χ0) is 26.1. The van der Waals surface area contributed by atoms with Gasteiger partial charge in [-0.3, -0.25) is 0 Å². The molecule has 8 rings (SSSR count). The van der Waals surface area contributed by atoms with Gasteiger partial charge >= 0.3 is 0 Å². The van der Waals surface area contributed by atoms with E-state index in [9.17, 15) is 0 Å². The molecule has 0 saturated heterocycles. The van der Waals surface area contributed by atoms with E-state index in [1.165, 1.54) is 76.8 Å². The zero-order valence-corrected chi connectivity index (χ0v) is 22.2. The first kappa shape index (κ1) is 22.3. The molecular formula is C39H28. The average Bonchev–Trinajstić information content (AvgIpc) is 3.24.